The van der Waals surface area contributed by atoms with Crippen LogP contribution in [-0.4, -0.2) is 18.8 Å². The van der Waals surface area contributed by atoms with E-state index in [0.717, 1.165) is 24.0 Å². The van der Waals surface area contributed by atoms with Crippen LogP contribution in [0.4, 0.5) is 0 Å². The first kappa shape index (κ1) is 13.1. The molecule has 0 aromatic heterocycles. The van der Waals surface area contributed by atoms with Gasteiger partial charge in [0.05, 0.1) is 5.60 Å². The van der Waals surface area contributed by atoms with Gasteiger partial charge < -0.3 is 10.1 Å². The van der Waals surface area contributed by atoms with Crippen LogP contribution in [0.2, 0.25) is 0 Å². The number of nitrogens with one attached hydrogen (secondary N) is 1. The summed E-state index contributed by atoms with van der Waals surface area (Å²) >= 11 is 3.59. The molecule has 1 aromatic carbocycles. The zero-order valence-corrected chi connectivity index (χ0v) is 12.1. The van der Waals surface area contributed by atoms with Gasteiger partial charge in [-0.1, -0.05) is 34.1 Å². The molecule has 2 unspecified atom stereocenters. The van der Waals surface area contributed by atoms with E-state index in [-0.39, 0.29) is 5.60 Å². The Hall–Kier alpha value is -0.380. The van der Waals surface area contributed by atoms with Crippen molar-refractivity contribution in [1.29, 1.82) is 0 Å². The maximum Gasteiger partial charge on any atom is 0.0779 e. The molecule has 17 heavy (non-hydrogen) atoms. The Morgan fingerprint density at radius 3 is 2.88 bits per heavy atom. The monoisotopic (exact) mass is 297 g/mol. The topological polar surface area (TPSA) is 21.3 Å². The highest BCUT2D eigenvalue weighted by Gasteiger charge is 2.29. The maximum absolute atomic E-state index is 5.78. The Morgan fingerprint density at radius 1 is 1.47 bits per heavy atom. The van der Waals surface area contributed by atoms with E-state index in [0.29, 0.717) is 6.04 Å². The minimum absolute atomic E-state index is 0.0233. The predicted octanol–water partition coefficient (Wildman–Crippen LogP) is 3.67. The van der Waals surface area contributed by atoms with Crippen LogP contribution in [0.25, 0.3) is 0 Å². The molecule has 0 amide bonds. The number of hydrogen-bond acceptors (Lipinski definition) is 2. The van der Waals surface area contributed by atoms with Crippen LogP contribution in [0.3, 0.4) is 0 Å². The fourth-order valence-corrected chi connectivity index (χ4v) is 2.91. The lowest BCUT2D eigenvalue weighted by Crippen LogP contribution is -2.38. The molecule has 0 saturated carbocycles. The number of hydrogen-bond donors (Lipinski definition) is 1. The zero-order chi connectivity index (χ0) is 12.3. The first-order valence-electron chi connectivity index (χ1n) is 6.22. The van der Waals surface area contributed by atoms with Gasteiger partial charge in [-0.3, -0.25) is 0 Å². The van der Waals surface area contributed by atoms with E-state index in [4.69, 9.17) is 4.74 Å². The molecule has 1 aliphatic rings. The molecule has 2 rings (SSSR count). The molecule has 1 aliphatic heterocycles. The van der Waals surface area contributed by atoms with Crippen LogP contribution < -0.4 is 5.32 Å². The van der Waals surface area contributed by atoms with Crippen LogP contribution in [0.1, 0.15) is 38.3 Å². The molecule has 0 bridgehead atoms. The quantitative estimate of drug-likeness (QED) is 0.916. The normalized spacial score (nSPS) is 26.1. The summed E-state index contributed by atoms with van der Waals surface area (Å²) in [5.41, 5.74) is 1.32. The molecule has 1 aromatic rings. The van der Waals surface area contributed by atoms with Gasteiger partial charge in [0.2, 0.25) is 0 Å². The largest absolute Gasteiger partial charge is 0.374 e. The highest BCUT2D eigenvalue weighted by molar-refractivity contribution is 9.10. The van der Waals surface area contributed by atoms with Gasteiger partial charge in [0.1, 0.15) is 0 Å². The number of ether oxygens (including phenoxy) is 1. The summed E-state index contributed by atoms with van der Waals surface area (Å²) in [6.45, 7) is 6.20. The molecule has 1 fully saturated rings. The van der Waals surface area contributed by atoms with Crippen LogP contribution in [0.5, 0.6) is 0 Å². The summed E-state index contributed by atoms with van der Waals surface area (Å²) in [5.74, 6) is 0. The van der Waals surface area contributed by atoms with E-state index in [9.17, 15) is 0 Å². The van der Waals surface area contributed by atoms with E-state index >= 15 is 0 Å². The summed E-state index contributed by atoms with van der Waals surface area (Å²) in [6, 6.07) is 8.70. The summed E-state index contributed by atoms with van der Waals surface area (Å²) in [5, 5.41) is 3.57. The summed E-state index contributed by atoms with van der Waals surface area (Å²) in [6.07, 6.45) is 2.34. The molecule has 0 radical (unpaired) electrons. The van der Waals surface area contributed by atoms with Gasteiger partial charge in [0.25, 0.3) is 0 Å². The minimum Gasteiger partial charge on any atom is -0.374 e. The van der Waals surface area contributed by atoms with Gasteiger partial charge in [0, 0.05) is 23.7 Å². The summed E-state index contributed by atoms with van der Waals surface area (Å²) < 4.78 is 6.95. The lowest BCUT2D eigenvalue weighted by atomic mass is 10.0. The van der Waals surface area contributed by atoms with E-state index in [1.807, 2.05) is 6.07 Å². The Balaban J connectivity index is 1.93. The van der Waals surface area contributed by atoms with Gasteiger partial charge in [-0.25, -0.2) is 0 Å². The van der Waals surface area contributed by atoms with Gasteiger partial charge in [-0.15, -0.1) is 0 Å². The van der Waals surface area contributed by atoms with Crippen molar-refractivity contribution in [2.75, 3.05) is 13.2 Å². The van der Waals surface area contributed by atoms with Gasteiger partial charge in [-0.05, 0) is 38.3 Å². The Bertz CT molecular complexity index is 374. The van der Waals surface area contributed by atoms with Crippen molar-refractivity contribution in [3.8, 4) is 0 Å². The highest BCUT2D eigenvalue weighted by Crippen LogP contribution is 2.27. The van der Waals surface area contributed by atoms with E-state index in [1.54, 1.807) is 0 Å². The first-order chi connectivity index (χ1) is 8.11. The lowest BCUT2D eigenvalue weighted by Gasteiger charge is -2.26. The van der Waals surface area contributed by atoms with Crippen molar-refractivity contribution in [2.45, 2.75) is 38.3 Å². The van der Waals surface area contributed by atoms with Gasteiger partial charge in [0.15, 0.2) is 0 Å². The van der Waals surface area contributed by atoms with Gasteiger partial charge in [-0.2, -0.15) is 0 Å². The van der Waals surface area contributed by atoms with E-state index in [1.165, 1.54) is 12.0 Å². The molecule has 3 heteroatoms. The van der Waals surface area contributed by atoms with Crippen molar-refractivity contribution in [1.82, 2.24) is 5.32 Å². The molecule has 1 saturated heterocycles. The molecule has 1 heterocycles. The van der Waals surface area contributed by atoms with Crippen molar-refractivity contribution in [2.24, 2.45) is 0 Å². The average Bonchev–Trinajstić information content (AvgIpc) is 2.74. The zero-order valence-electron chi connectivity index (χ0n) is 10.5. The van der Waals surface area contributed by atoms with Crippen molar-refractivity contribution < 1.29 is 4.74 Å². The Labute approximate surface area is 112 Å². The highest BCUT2D eigenvalue weighted by atomic mass is 79.9. The van der Waals surface area contributed by atoms with Crippen LogP contribution in [-0.2, 0) is 4.74 Å². The van der Waals surface area contributed by atoms with Gasteiger partial charge >= 0.3 is 0 Å². The Morgan fingerprint density at radius 2 is 2.24 bits per heavy atom. The average molecular weight is 298 g/mol. The number of rotatable bonds is 4. The molecule has 94 valence electrons. The third kappa shape index (κ3) is 3.30. The minimum atomic E-state index is 0.0233. The summed E-state index contributed by atoms with van der Waals surface area (Å²) in [4.78, 5) is 0. The van der Waals surface area contributed by atoms with Crippen LogP contribution in [0, 0.1) is 0 Å². The molecular weight excluding hydrogens is 278 g/mol. The molecule has 1 N–H and O–H groups in total. The SMILES string of the molecule is CC(NCC1(C)CCCO1)c1ccccc1Br. The number of benzene rings is 1. The van der Waals surface area contributed by atoms with E-state index in [2.05, 4.69) is 53.3 Å². The maximum atomic E-state index is 5.78. The van der Waals surface area contributed by atoms with Crippen molar-refractivity contribution in [3.05, 3.63) is 34.3 Å². The van der Waals surface area contributed by atoms with Crippen LogP contribution in [0.15, 0.2) is 28.7 Å². The number of halogens is 1. The second kappa shape index (κ2) is 5.51. The fourth-order valence-electron chi connectivity index (χ4n) is 2.28. The van der Waals surface area contributed by atoms with Crippen molar-refractivity contribution in [3.63, 3.8) is 0 Å². The molecular formula is C14H20BrNO. The predicted molar refractivity (Wildman–Crippen MR) is 74.2 cm³/mol. The third-order valence-corrected chi connectivity index (χ3v) is 4.18. The second-order valence-electron chi connectivity index (χ2n) is 5.03. The lowest BCUT2D eigenvalue weighted by molar-refractivity contribution is 0.0191. The van der Waals surface area contributed by atoms with E-state index < -0.39 is 0 Å². The summed E-state index contributed by atoms with van der Waals surface area (Å²) in [7, 11) is 0. The standard InChI is InChI=1S/C14H20BrNO/c1-11(12-6-3-4-7-13(12)15)16-10-14(2)8-5-9-17-14/h3-4,6-7,11,16H,5,8-10H2,1-2H3. The molecule has 2 nitrogen and oxygen atoms in total. The van der Waals surface area contributed by atoms with Crippen LogP contribution >= 0.6 is 15.9 Å². The smallest absolute Gasteiger partial charge is 0.0779 e. The van der Waals surface area contributed by atoms with Crippen molar-refractivity contribution >= 4 is 15.9 Å². The molecule has 0 spiro atoms. The Kier molecular flexibility index (Phi) is 4.23. The second-order valence-corrected chi connectivity index (χ2v) is 5.88. The molecule has 0 aliphatic carbocycles. The molecule has 2 atom stereocenters. The fraction of sp³-hybridized carbons (Fsp3) is 0.571. The first-order valence-corrected chi connectivity index (χ1v) is 7.02. The third-order valence-electron chi connectivity index (χ3n) is 3.45.